The minimum atomic E-state index is -4.52. The van der Waals surface area contributed by atoms with Crippen LogP contribution in [0.4, 0.5) is 13.2 Å². The molecule has 29 heavy (non-hydrogen) atoms. The summed E-state index contributed by atoms with van der Waals surface area (Å²) in [4.78, 5) is 18.5. The number of carbonyl (C=O) groups excluding carboxylic acids is 1. The van der Waals surface area contributed by atoms with Gasteiger partial charge in [-0.05, 0) is 30.0 Å². The molecule has 4 nitrogen and oxygen atoms in total. The molecule has 0 aliphatic heterocycles. The van der Waals surface area contributed by atoms with Crippen molar-refractivity contribution in [2.24, 2.45) is 4.99 Å². The number of benzene rings is 1. The highest BCUT2D eigenvalue weighted by Crippen LogP contribution is 2.27. The van der Waals surface area contributed by atoms with Crippen molar-refractivity contribution in [3.05, 3.63) is 44.7 Å². The van der Waals surface area contributed by atoms with Gasteiger partial charge in [0.05, 0.1) is 5.56 Å². The van der Waals surface area contributed by atoms with Crippen LogP contribution in [0.3, 0.4) is 0 Å². The molecule has 0 saturated heterocycles. The summed E-state index contributed by atoms with van der Waals surface area (Å²) >= 11 is 7.33. The van der Waals surface area contributed by atoms with Gasteiger partial charge in [-0.1, -0.05) is 45.7 Å². The third-order valence-corrected chi connectivity index (χ3v) is 5.65. The average molecular weight is 449 g/mol. The van der Waals surface area contributed by atoms with Crippen LogP contribution in [-0.2, 0) is 12.0 Å². The monoisotopic (exact) mass is 448 g/mol. The van der Waals surface area contributed by atoms with Gasteiger partial charge >= 0.3 is 6.18 Å². The normalized spacial score (nSPS) is 13.0. The molecule has 0 saturated carbocycles. The standard InChI is InChI=1S/C20H24ClF3N2O2S/c1-5-6-9-26-11-16(19(2,3)4)29-18(26)25-17(27)14-10-13(21)7-8-15(14)28-12-20(22,23)24/h7-8,10-11H,5-6,9,12H2,1-4H3/b25-18-. The van der Waals surface area contributed by atoms with Gasteiger partial charge in [0.2, 0.25) is 0 Å². The fraction of sp³-hybridized carbons (Fsp3) is 0.500. The molecule has 1 aromatic carbocycles. The molecule has 0 fully saturated rings. The first-order valence-corrected chi connectivity index (χ1v) is 10.4. The molecule has 1 amide bonds. The van der Waals surface area contributed by atoms with Gasteiger partial charge in [0.25, 0.3) is 5.91 Å². The van der Waals surface area contributed by atoms with E-state index in [1.807, 2.05) is 10.8 Å². The number of hydrogen-bond donors (Lipinski definition) is 0. The van der Waals surface area contributed by atoms with E-state index in [0.29, 0.717) is 11.3 Å². The fourth-order valence-corrected chi connectivity index (χ4v) is 3.65. The smallest absolute Gasteiger partial charge is 0.422 e. The first kappa shape index (κ1) is 23.5. The lowest BCUT2D eigenvalue weighted by atomic mass is 9.95. The predicted molar refractivity (Wildman–Crippen MR) is 109 cm³/mol. The first-order valence-electron chi connectivity index (χ1n) is 9.19. The molecular weight excluding hydrogens is 425 g/mol. The van der Waals surface area contributed by atoms with Crippen molar-refractivity contribution in [2.75, 3.05) is 6.61 Å². The number of ether oxygens (including phenoxy) is 1. The Morgan fingerprint density at radius 3 is 2.55 bits per heavy atom. The molecule has 1 heterocycles. The highest BCUT2D eigenvalue weighted by atomic mass is 35.5. The summed E-state index contributed by atoms with van der Waals surface area (Å²) in [7, 11) is 0. The van der Waals surface area contributed by atoms with E-state index in [2.05, 4.69) is 32.7 Å². The Balaban J connectivity index is 2.46. The van der Waals surface area contributed by atoms with Crippen molar-refractivity contribution >= 4 is 28.8 Å². The van der Waals surface area contributed by atoms with Crippen LogP contribution in [0.25, 0.3) is 0 Å². The van der Waals surface area contributed by atoms with Gasteiger partial charge in [-0.25, -0.2) is 0 Å². The van der Waals surface area contributed by atoms with E-state index in [-0.39, 0.29) is 21.8 Å². The van der Waals surface area contributed by atoms with Crippen molar-refractivity contribution in [2.45, 2.75) is 58.7 Å². The van der Waals surface area contributed by atoms with Crippen LogP contribution in [0, 0.1) is 0 Å². The van der Waals surface area contributed by atoms with Gasteiger partial charge in [0.1, 0.15) is 5.75 Å². The molecular formula is C20H24ClF3N2O2S. The highest BCUT2D eigenvalue weighted by molar-refractivity contribution is 7.09. The fourth-order valence-electron chi connectivity index (χ4n) is 2.40. The summed E-state index contributed by atoms with van der Waals surface area (Å²) in [6, 6.07) is 3.89. The summed E-state index contributed by atoms with van der Waals surface area (Å²) in [5.41, 5.74) is -0.221. The molecule has 0 radical (unpaired) electrons. The number of aromatic nitrogens is 1. The Labute approximate surface area is 177 Å². The van der Waals surface area contributed by atoms with E-state index in [1.165, 1.54) is 29.5 Å². The third-order valence-electron chi connectivity index (χ3n) is 3.97. The number of aryl methyl sites for hydroxylation is 1. The molecule has 0 atom stereocenters. The average Bonchev–Trinajstić information content (AvgIpc) is 3.01. The number of nitrogens with zero attached hydrogens (tertiary/aromatic N) is 2. The largest absolute Gasteiger partial charge is 0.483 e. The zero-order valence-corrected chi connectivity index (χ0v) is 18.3. The molecule has 9 heteroatoms. The Bertz CT molecular complexity index is 927. The minimum absolute atomic E-state index is 0.102. The number of halogens is 4. The molecule has 2 rings (SSSR count). The number of amides is 1. The van der Waals surface area contributed by atoms with E-state index in [0.717, 1.165) is 17.7 Å². The van der Waals surface area contributed by atoms with Crippen molar-refractivity contribution in [3.63, 3.8) is 0 Å². The van der Waals surface area contributed by atoms with Crippen LogP contribution in [0.2, 0.25) is 5.02 Å². The minimum Gasteiger partial charge on any atom is -0.483 e. The van der Waals surface area contributed by atoms with Gasteiger partial charge < -0.3 is 9.30 Å². The lowest BCUT2D eigenvalue weighted by Crippen LogP contribution is -2.20. The predicted octanol–water partition coefficient (Wildman–Crippen LogP) is 5.98. The van der Waals surface area contributed by atoms with Crippen LogP contribution in [0.15, 0.2) is 29.4 Å². The van der Waals surface area contributed by atoms with Crippen LogP contribution in [-0.4, -0.2) is 23.3 Å². The van der Waals surface area contributed by atoms with Crippen molar-refractivity contribution in [1.82, 2.24) is 4.57 Å². The van der Waals surface area contributed by atoms with Gasteiger partial charge in [-0.3, -0.25) is 4.79 Å². The van der Waals surface area contributed by atoms with Crippen LogP contribution in [0.5, 0.6) is 5.75 Å². The zero-order chi connectivity index (χ0) is 21.8. The molecule has 0 N–H and O–H groups in total. The zero-order valence-electron chi connectivity index (χ0n) is 16.8. The van der Waals surface area contributed by atoms with Crippen LogP contribution >= 0.6 is 22.9 Å². The quantitative estimate of drug-likeness (QED) is 0.545. The van der Waals surface area contributed by atoms with E-state index < -0.39 is 18.7 Å². The van der Waals surface area contributed by atoms with Gasteiger partial charge in [0.15, 0.2) is 11.4 Å². The van der Waals surface area contributed by atoms with E-state index in [1.54, 1.807) is 0 Å². The maximum Gasteiger partial charge on any atom is 0.422 e. The second-order valence-electron chi connectivity index (χ2n) is 7.64. The summed E-state index contributed by atoms with van der Waals surface area (Å²) in [5, 5.41) is 0.211. The Hall–Kier alpha value is -1.80. The van der Waals surface area contributed by atoms with Crippen molar-refractivity contribution in [3.8, 4) is 5.75 Å². The van der Waals surface area contributed by atoms with Gasteiger partial charge in [-0.2, -0.15) is 18.2 Å². The SMILES string of the molecule is CCCCn1cc(C(C)(C)C)s/c1=N\C(=O)c1cc(Cl)ccc1OCC(F)(F)F. The number of hydrogen-bond acceptors (Lipinski definition) is 3. The molecule has 0 bridgehead atoms. The number of alkyl halides is 3. The maximum atomic E-state index is 12.8. The number of unbranched alkanes of at least 4 members (excludes halogenated alkanes) is 1. The lowest BCUT2D eigenvalue weighted by molar-refractivity contribution is -0.153. The molecule has 0 aliphatic rings. The van der Waals surface area contributed by atoms with E-state index in [9.17, 15) is 18.0 Å². The van der Waals surface area contributed by atoms with Gasteiger partial charge in [-0.15, -0.1) is 11.3 Å². The maximum absolute atomic E-state index is 12.8. The summed E-state index contributed by atoms with van der Waals surface area (Å²) < 4.78 is 44.3. The van der Waals surface area contributed by atoms with Crippen molar-refractivity contribution < 1.29 is 22.7 Å². The second kappa shape index (κ2) is 9.34. The topological polar surface area (TPSA) is 43.6 Å². The van der Waals surface area contributed by atoms with E-state index >= 15 is 0 Å². The summed E-state index contributed by atoms with van der Waals surface area (Å²) in [6.07, 6.45) is -0.648. The number of thiazole rings is 1. The summed E-state index contributed by atoms with van der Waals surface area (Å²) in [6.45, 7) is 7.45. The third kappa shape index (κ3) is 6.89. The Morgan fingerprint density at radius 2 is 1.97 bits per heavy atom. The number of carbonyl (C=O) groups is 1. The Kier molecular flexibility index (Phi) is 7.56. The van der Waals surface area contributed by atoms with Crippen LogP contribution < -0.4 is 9.54 Å². The highest BCUT2D eigenvalue weighted by Gasteiger charge is 2.29. The molecule has 0 spiro atoms. The first-order chi connectivity index (χ1) is 13.4. The second-order valence-corrected chi connectivity index (χ2v) is 9.08. The molecule has 0 aliphatic carbocycles. The van der Waals surface area contributed by atoms with Crippen LogP contribution in [0.1, 0.15) is 55.8 Å². The summed E-state index contributed by atoms with van der Waals surface area (Å²) in [5.74, 6) is -0.898. The molecule has 1 aromatic heterocycles. The molecule has 0 unspecified atom stereocenters. The van der Waals surface area contributed by atoms with Crippen molar-refractivity contribution in [1.29, 1.82) is 0 Å². The Morgan fingerprint density at radius 1 is 1.28 bits per heavy atom. The lowest BCUT2D eigenvalue weighted by Gasteiger charge is -2.14. The molecule has 160 valence electrons. The van der Waals surface area contributed by atoms with E-state index in [4.69, 9.17) is 16.3 Å². The number of rotatable bonds is 6. The molecule has 2 aromatic rings. The van der Waals surface area contributed by atoms with Gasteiger partial charge in [0, 0.05) is 22.6 Å².